The summed E-state index contributed by atoms with van der Waals surface area (Å²) < 4.78 is 6.25. The summed E-state index contributed by atoms with van der Waals surface area (Å²) in [6.45, 7) is 0. The number of ether oxygens (including phenoxy) is 1. The van der Waals surface area contributed by atoms with Crippen LogP contribution in [0.1, 0.15) is 68.5 Å². The van der Waals surface area contributed by atoms with Gasteiger partial charge < -0.3 is 10.1 Å². The summed E-state index contributed by atoms with van der Waals surface area (Å²) >= 11 is 0. The first kappa shape index (κ1) is 13.9. The van der Waals surface area contributed by atoms with Crippen molar-refractivity contribution in [3.05, 3.63) is 29.3 Å². The number of aryl methyl sites for hydroxylation is 1. The van der Waals surface area contributed by atoms with Crippen molar-refractivity contribution in [1.82, 2.24) is 5.32 Å². The van der Waals surface area contributed by atoms with Crippen molar-refractivity contribution in [3.63, 3.8) is 0 Å². The molecule has 1 unspecified atom stereocenters. The summed E-state index contributed by atoms with van der Waals surface area (Å²) in [5.41, 5.74) is 2.97. The van der Waals surface area contributed by atoms with Crippen LogP contribution >= 0.6 is 0 Å². The molecule has 20 heavy (non-hydrogen) atoms. The normalized spacial score (nSPS) is 23.9. The third-order valence-corrected chi connectivity index (χ3v) is 4.88. The lowest BCUT2D eigenvalue weighted by Crippen LogP contribution is -2.22. The zero-order chi connectivity index (χ0) is 13.8. The van der Waals surface area contributed by atoms with Crippen molar-refractivity contribution in [1.29, 1.82) is 0 Å². The number of rotatable bonds is 3. The molecule has 0 saturated heterocycles. The molecule has 1 atom stereocenters. The lowest BCUT2D eigenvalue weighted by atomic mass is 9.87. The van der Waals surface area contributed by atoms with Gasteiger partial charge in [-0.3, -0.25) is 0 Å². The van der Waals surface area contributed by atoms with E-state index in [2.05, 4.69) is 30.6 Å². The molecule has 1 N–H and O–H groups in total. The van der Waals surface area contributed by atoms with Crippen LogP contribution in [0, 0.1) is 0 Å². The van der Waals surface area contributed by atoms with E-state index >= 15 is 0 Å². The van der Waals surface area contributed by atoms with Gasteiger partial charge in [0.05, 0.1) is 6.10 Å². The number of fused-ring (bicyclic) bond motifs is 1. The molecule has 2 aliphatic rings. The Morgan fingerprint density at radius 3 is 2.55 bits per heavy atom. The molecule has 0 bridgehead atoms. The second-order valence-corrected chi connectivity index (χ2v) is 6.33. The van der Waals surface area contributed by atoms with E-state index in [1.807, 2.05) is 0 Å². The van der Waals surface area contributed by atoms with Crippen LogP contribution in [0.3, 0.4) is 0 Å². The smallest absolute Gasteiger partial charge is 0.120 e. The molecule has 0 radical (unpaired) electrons. The van der Waals surface area contributed by atoms with Gasteiger partial charge in [0.25, 0.3) is 0 Å². The molecule has 0 spiro atoms. The Hall–Kier alpha value is -1.02. The van der Waals surface area contributed by atoms with Crippen LogP contribution in [-0.4, -0.2) is 13.2 Å². The monoisotopic (exact) mass is 273 g/mol. The second kappa shape index (κ2) is 6.62. The van der Waals surface area contributed by atoms with Gasteiger partial charge in [-0.05, 0) is 75.3 Å². The Balaban J connectivity index is 1.71. The van der Waals surface area contributed by atoms with Crippen LogP contribution < -0.4 is 10.1 Å². The molecular weight excluding hydrogens is 246 g/mol. The number of hydrogen-bond donors (Lipinski definition) is 1. The molecule has 0 heterocycles. The topological polar surface area (TPSA) is 21.3 Å². The molecule has 1 aromatic carbocycles. The first-order valence-corrected chi connectivity index (χ1v) is 8.33. The van der Waals surface area contributed by atoms with E-state index in [9.17, 15) is 0 Å². The van der Waals surface area contributed by atoms with Crippen molar-refractivity contribution >= 4 is 0 Å². The van der Waals surface area contributed by atoms with Crippen molar-refractivity contribution in [3.8, 4) is 5.75 Å². The van der Waals surface area contributed by atoms with Crippen LogP contribution in [-0.2, 0) is 6.42 Å². The Kier molecular flexibility index (Phi) is 4.62. The summed E-state index contributed by atoms with van der Waals surface area (Å²) in [6.07, 6.45) is 12.1. The molecule has 3 rings (SSSR count). The standard InChI is InChI=1S/C18H27NO/c1-19-18-10-6-7-14-13-16(11-12-17(14)18)20-15-8-4-2-3-5-9-15/h11-13,15,18-19H,2-10H2,1H3. The van der Waals surface area contributed by atoms with E-state index in [1.54, 1.807) is 0 Å². The number of benzene rings is 1. The molecular formula is C18H27NO. The predicted molar refractivity (Wildman–Crippen MR) is 83.3 cm³/mol. The minimum atomic E-state index is 0.444. The van der Waals surface area contributed by atoms with E-state index in [-0.39, 0.29) is 0 Å². The molecule has 2 aliphatic carbocycles. The Bertz CT molecular complexity index is 435. The van der Waals surface area contributed by atoms with Gasteiger partial charge in [-0.25, -0.2) is 0 Å². The van der Waals surface area contributed by atoms with Gasteiger partial charge in [0.2, 0.25) is 0 Å². The van der Waals surface area contributed by atoms with E-state index in [1.165, 1.54) is 68.9 Å². The van der Waals surface area contributed by atoms with E-state index in [4.69, 9.17) is 4.74 Å². The quantitative estimate of drug-likeness (QED) is 0.825. The molecule has 2 nitrogen and oxygen atoms in total. The SMILES string of the molecule is CNC1CCCc2cc(OC3CCCCCC3)ccc21. The maximum Gasteiger partial charge on any atom is 0.120 e. The third kappa shape index (κ3) is 3.17. The van der Waals surface area contributed by atoms with E-state index in [0.717, 1.165) is 5.75 Å². The molecule has 2 heteroatoms. The Morgan fingerprint density at radius 1 is 1.00 bits per heavy atom. The third-order valence-electron chi connectivity index (χ3n) is 4.88. The van der Waals surface area contributed by atoms with Gasteiger partial charge in [-0.15, -0.1) is 0 Å². The maximum atomic E-state index is 6.25. The first-order valence-electron chi connectivity index (χ1n) is 8.33. The van der Waals surface area contributed by atoms with Gasteiger partial charge in [0, 0.05) is 6.04 Å². The minimum absolute atomic E-state index is 0.444. The van der Waals surface area contributed by atoms with Crippen LogP contribution in [0.5, 0.6) is 5.75 Å². The van der Waals surface area contributed by atoms with Crippen molar-refractivity contribution in [2.75, 3.05) is 7.05 Å². The molecule has 0 amide bonds. The predicted octanol–water partition coefficient (Wildman–Crippen LogP) is 4.39. The zero-order valence-corrected chi connectivity index (χ0v) is 12.7. The van der Waals surface area contributed by atoms with Gasteiger partial charge >= 0.3 is 0 Å². The first-order chi connectivity index (χ1) is 9.86. The second-order valence-electron chi connectivity index (χ2n) is 6.33. The average molecular weight is 273 g/mol. The Morgan fingerprint density at radius 2 is 1.80 bits per heavy atom. The van der Waals surface area contributed by atoms with Crippen LogP contribution in [0.2, 0.25) is 0 Å². The highest BCUT2D eigenvalue weighted by atomic mass is 16.5. The molecule has 1 aromatic rings. The van der Waals surface area contributed by atoms with E-state index < -0.39 is 0 Å². The van der Waals surface area contributed by atoms with Crippen molar-refractivity contribution < 1.29 is 4.74 Å². The summed E-state index contributed by atoms with van der Waals surface area (Å²) in [6, 6.07) is 7.29. The lowest BCUT2D eigenvalue weighted by Gasteiger charge is -2.26. The van der Waals surface area contributed by atoms with E-state index in [0.29, 0.717) is 12.1 Å². The van der Waals surface area contributed by atoms with Gasteiger partial charge in [0.15, 0.2) is 0 Å². The highest BCUT2D eigenvalue weighted by Crippen LogP contribution is 2.33. The summed E-state index contributed by atoms with van der Waals surface area (Å²) in [7, 11) is 2.07. The van der Waals surface area contributed by atoms with Gasteiger partial charge in [-0.1, -0.05) is 18.9 Å². The summed E-state index contributed by atoms with van der Waals surface area (Å²) in [5.74, 6) is 1.09. The zero-order valence-electron chi connectivity index (χ0n) is 12.7. The average Bonchev–Trinajstić information content (AvgIpc) is 2.75. The van der Waals surface area contributed by atoms with Crippen LogP contribution in [0.25, 0.3) is 0 Å². The fourth-order valence-electron chi connectivity index (χ4n) is 3.72. The van der Waals surface area contributed by atoms with Gasteiger partial charge in [-0.2, -0.15) is 0 Å². The maximum absolute atomic E-state index is 6.25. The summed E-state index contributed by atoms with van der Waals surface area (Å²) in [4.78, 5) is 0. The molecule has 0 aliphatic heterocycles. The molecule has 110 valence electrons. The molecule has 1 fully saturated rings. The minimum Gasteiger partial charge on any atom is -0.490 e. The fraction of sp³-hybridized carbons (Fsp3) is 0.667. The Labute approximate surface area is 122 Å². The molecule has 1 saturated carbocycles. The summed E-state index contributed by atoms with van der Waals surface area (Å²) in [5, 5.41) is 3.43. The van der Waals surface area contributed by atoms with Crippen LogP contribution in [0.4, 0.5) is 0 Å². The highest BCUT2D eigenvalue weighted by molar-refractivity contribution is 5.39. The fourth-order valence-corrected chi connectivity index (χ4v) is 3.72. The van der Waals surface area contributed by atoms with Crippen LogP contribution in [0.15, 0.2) is 18.2 Å². The van der Waals surface area contributed by atoms with Gasteiger partial charge in [0.1, 0.15) is 5.75 Å². The number of nitrogens with one attached hydrogen (secondary N) is 1. The highest BCUT2D eigenvalue weighted by Gasteiger charge is 2.20. The lowest BCUT2D eigenvalue weighted by molar-refractivity contribution is 0.183. The van der Waals surface area contributed by atoms with Crippen molar-refractivity contribution in [2.45, 2.75) is 69.9 Å². The van der Waals surface area contributed by atoms with Crippen molar-refractivity contribution in [2.24, 2.45) is 0 Å². The number of hydrogen-bond acceptors (Lipinski definition) is 2. The molecule has 0 aromatic heterocycles. The largest absolute Gasteiger partial charge is 0.490 e.